The van der Waals surface area contributed by atoms with E-state index in [-0.39, 0.29) is 18.3 Å². The second-order valence-electron chi connectivity index (χ2n) is 6.39. The van der Waals surface area contributed by atoms with Crippen LogP contribution in [0, 0.1) is 11.6 Å². The Balaban J connectivity index is 1.72. The molecule has 2 aliphatic rings. The molecule has 27 heavy (non-hydrogen) atoms. The van der Waals surface area contributed by atoms with E-state index in [0.29, 0.717) is 25.3 Å². The molecular weight excluding hydrogens is 376 g/mol. The van der Waals surface area contributed by atoms with Crippen LogP contribution in [0.3, 0.4) is 0 Å². The SMILES string of the molecule is O=S1(=O)N(CC[C@H]2CNCCO2)c2ccccc2N1c1c(F)cccc1F. The van der Waals surface area contributed by atoms with Crippen molar-refractivity contribution in [1.29, 1.82) is 0 Å². The second kappa shape index (κ2) is 7.06. The van der Waals surface area contributed by atoms with Crippen LogP contribution in [0.4, 0.5) is 25.8 Å². The van der Waals surface area contributed by atoms with Crippen LogP contribution in [0.2, 0.25) is 0 Å². The van der Waals surface area contributed by atoms with E-state index in [2.05, 4.69) is 5.32 Å². The fourth-order valence-electron chi connectivity index (χ4n) is 3.41. The minimum Gasteiger partial charge on any atom is -0.376 e. The molecule has 144 valence electrons. The lowest BCUT2D eigenvalue weighted by Crippen LogP contribution is -2.42. The molecule has 0 spiro atoms. The van der Waals surface area contributed by atoms with Gasteiger partial charge in [-0.3, -0.25) is 4.31 Å². The van der Waals surface area contributed by atoms with Crippen molar-refractivity contribution in [3.8, 4) is 0 Å². The van der Waals surface area contributed by atoms with Crippen molar-refractivity contribution in [2.75, 3.05) is 34.9 Å². The summed E-state index contributed by atoms with van der Waals surface area (Å²) < 4.78 is 62.6. The average molecular weight is 395 g/mol. The first-order chi connectivity index (χ1) is 13.0. The Morgan fingerprint density at radius 1 is 1.07 bits per heavy atom. The quantitative estimate of drug-likeness (QED) is 0.864. The van der Waals surface area contributed by atoms with Gasteiger partial charge < -0.3 is 10.1 Å². The molecule has 0 aromatic heterocycles. The number of morpholine rings is 1. The first-order valence-electron chi connectivity index (χ1n) is 8.68. The molecular formula is C18H19F2N3O3S. The summed E-state index contributed by atoms with van der Waals surface area (Å²) in [6, 6.07) is 9.79. The molecule has 1 saturated heterocycles. The van der Waals surface area contributed by atoms with E-state index < -0.39 is 27.5 Å². The lowest BCUT2D eigenvalue weighted by Gasteiger charge is -2.27. The molecule has 0 aliphatic carbocycles. The summed E-state index contributed by atoms with van der Waals surface area (Å²) in [6.45, 7) is 2.13. The molecule has 2 aromatic carbocycles. The number of hydrogen-bond donors (Lipinski definition) is 1. The Bertz CT molecular complexity index is 928. The molecule has 1 N–H and O–H groups in total. The summed E-state index contributed by atoms with van der Waals surface area (Å²) in [5.41, 5.74) is 0.0242. The van der Waals surface area contributed by atoms with Crippen molar-refractivity contribution in [3.05, 3.63) is 54.1 Å². The Morgan fingerprint density at radius 2 is 1.78 bits per heavy atom. The molecule has 6 nitrogen and oxygen atoms in total. The third kappa shape index (κ3) is 3.15. The number of anilines is 3. The van der Waals surface area contributed by atoms with E-state index >= 15 is 0 Å². The number of nitrogens with one attached hydrogen (secondary N) is 1. The van der Waals surface area contributed by atoms with Crippen molar-refractivity contribution < 1.29 is 21.9 Å². The smallest absolute Gasteiger partial charge is 0.331 e. The molecule has 1 atom stereocenters. The van der Waals surface area contributed by atoms with Gasteiger partial charge in [-0.25, -0.2) is 13.1 Å². The summed E-state index contributed by atoms with van der Waals surface area (Å²) in [6.07, 6.45) is 0.356. The first-order valence-corrected chi connectivity index (χ1v) is 10.1. The van der Waals surface area contributed by atoms with Gasteiger partial charge in [0.1, 0.15) is 5.69 Å². The maximum atomic E-state index is 14.4. The van der Waals surface area contributed by atoms with Gasteiger partial charge in [-0.15, -0.1) is 0 Å². The lowest BCUT2D eigenvalue weighted by molar-refractivity contribution is 0.0254. The molecule has 1 fully saturated rings. The minimum absolute atomic E-state index is 0.111. The number of halogens is 2. The topological polar surface area (TPSA) is 61.9 Å². The molecule has 0 radical (unpaired) electrons. The molecule has 2 aliphatic heterocycles. The van der Waals surface area contributed by atoms with Crippen LogP contribution >= 0.6 is 0 Å². The Kier molecular flexibility index (Phi) is 4.75. The predicted molar refractivity (Wildman–Crippen MR) is 98.4 cm³/mol. The van der Waals surface area contributed by atoms with E-state index in [1.807, 2.05) is 0 Å². The highest BCUT2D eigenvalue weighted by Crippen LogP contribution is 2.46. The van der Waals surface area contributed by atoms with Gasteiger partial charge in [0.2, 0.25) is 0 Å². The molecule has 0 unspecified atom stereocenters. The Morgan fingerprint density at radius 3 is 2.44 bits per heavy atom. The fourth-order valence-corrected chi connectivity index (χ4v) is 5.16. The van der Waals surface area contributed by atoms with Gasteiger partial charge in [-0.1, -0.05) is 18.2 Å². The molecule has 9 heteroatoms. The van der Waals surface area contributed by atoms with Crippen LogP contribution in [-0.2, 0) is 14.9 Å². The highest BCUT2D eigenvalue weighted by molar-refractivity contribution is 7.95. The van der Waals surface area contributed by atoms with Crippen molar-refractivity contribution in [1.82, 2.24) is 5.32 Å². The van der Waals surface area contributed by atoms with Crippen molar-refractivity contribution >= 4 is 27.3 Å². The number of fused-ring (bicyclic) bond motifs is 1. The van der Waals surface area contributed by atoms with Crippen LogP contribution in [0.25, 0.3) is 0 Å². The van der Waals surface area contributed by atoms with Gasteiger partial charge in [0.25, 0.3) is 0 Å². The molecule has 0 bridgehead atoms. The number of hydrogen-bond acceptors (Lipinski definition) is 4. The Labute approximate surface area is 156 Å². The normalized spacial score (nSPS) is 21.3. The zero-order valence-electron chi connectivity index (χ0n) is 14.4. The van der Waals surface area contributed by atoms with Gasteiger partial charge in [0.05, 0.1) is 24.1 Å². The van der Waals surface area contributed by atoms with Crippen molar-refractivity contribution in [2.24, 2.45) is 0 Å². The third-order valence-corrected chi connectivity index (χ3v) is 6.45. The predicted octanol–water partition coefficient (Wildman–Crippen LogP) is 2.55. The number of ether oxygens (including phenoxy) is 1. The molecule has 2 heterocycles. The van der Waals surface area contributed by atoms with Gasteiger partial charge in [-0.2, -0.15) is 8.42 Å². The highest BCUT2D eigenvalue weighted by atomic mass is 32.2. The van der Waals surface area contributed by atoms with Crippen LogP contribution in [0.5, 0.6) is 0 Å². The van der Waals surface area contributed by atoms with Gasteiger partial charge in [0.15, 0.2) is 11.6 Å². The van der Waals surface area contributed by atoms with Gasteiger partial charge in [-0.05, 0) is 30.7 Å². The zero-order chi connectivity index (χ0) is 19.0. The largest absolute Gasteiger partial charge is 0.376 e. The van der Waals surface area contributed by atoms with Crippen molar-refractivity contribution in [2.45, 2.75) is 12.5 Å². The number of nitrogens with zero attached hydrogens (tertiary/aromatic N) is 2. The van der Waals surface area contributed by atoms with E-state index in [0.717, 1.165) is 23.0 Å². The summed E-state index contributed by atoms with van der Waals surface area (Å²) in [5.74, 6) is -1.87. The maximum Gasteiger partial charge on any atom is 0.331 e. The molecule has 0 saturated carbocycles. The standard InChI is InChI=1S/C18H19F2N3O3S/c19-14-4-3-5-15(20)18(14)23-17-7-2-1-6-16(17)22(27(23,24)25)10-8-13-12-21-9-11-26-13/h1-7,13,21H,8-12H2/t13-/m0/s1. The first kappa shape index (κ1) is 18.1. The lowest BCUT2D eigenvalue weighted by atomic mass is 10.2. The monoisotopic (exact) mass is 395 g/mol. The number of rotatable bonds is 4. The summed E-state index contributed by atoms with van der Waals surface area (Å²) in [7, 11) is -4.18. The highest BCUT2D eigenvalue weighted by Gasteiger charge is 2.43. The maximum absolute atomic E-state index is 14.4. The fraction of sp³-hybridized carbons (Fsp3) is 0.333. The second-order valence-corrected chi connectivity index (χ2v) is 8.09. The summed E-state index contributed by atoms with van der Waals surface area (Å²) in [5, 5.41) is 3.20. The van der Waals surface area contributed by atoms with Crippen molar-refractivity contribution in [3.63, 3.8) is 0 Å². The third-order valence-electron chi connectivity index (χ3n) is 4.68. The molecule has 4 rings (SSSR count). The van der Waals surface area contributed by atoms with E-state index in [1.165, 1.54) is 16.4 Å². The Hall–Kier alpha value is -2.23. The van der Waals surface area contributed by atoms with E-state index in [4.69, 9.17) is 4.74 Å². The van der Waals surface area contributed by atoms with E-state index in [9.17, 15) is 17.2 Å². The minimum atomic E-state index is -4.18. The van der Waals surface area contributed by atoms with Crippen LogP contribution in [0.15, 0.2) is 42.5 Å². The summed E-state index contributed by atoms with van der Waals surface area (Å²) in [4.78, 5) is 0. The molecule has 2 aromatic rings. The number of para-hydroxylation sites is 3. The molecule has 0 amide bonds. The van der Waals surface area contributed by atoms with Gasteiger partial charge >= 0.3 is 10.2 Å². The average Bonchev–Trinajstić information content (AvgIpc) is 2.88. The van der Waals surface area contributed by atoms with Gasteiger partial charge in [0, 0.05) is 19.6 Å². The van der Waals surface area contributed by atoms with E-state index in [1.54, 1.807) is 18.2 Å². The summed E-state index contributed by atoms with van der Waals surface area (Å²) >= 11 is 0. The van der Waals surface area contributed by atoms with Crippen LogP contribution in [-0.4, -0.2) is 40.8 Å². The van der Waals surface area contributed by atoms with Crippen LogP contribution in [0.1, 0.15) is 6.42 Å². The van der Waals surface area contributed by atoms with Crippen LogP contribution < -0.4 is 13.9 Å². The zero-order valence-corrected chi connectivity index (χ0v) is 15.3. The number of benzene rings is 2.